The molecule has 31 heavy (non-hydrogen) atoms. The molecule has 0 aliphatic carbocycles. The summed E-state index contributed by atoms with van der Waals surface area (Å²) in [5.41, 5.74) is 7.67. The van der Waals surface area contributed by atoms with Gasteiger partial charge in [-0.05, 0) is 53.1 Å². The van der Waals surface area contributed by atoms with Crippen LogP contribution in [0.15, 0.2) is 84.9 Å². The van der Waals surface area contributed by atoms with E-state index in [4.69, 9.17) is 0 Å². The van der Waals surface area contributed by atoms with Crippen LogP contribution < -0.4 is 4.57 Å². The van der Waals surface area contributed by atoms with Gasteiger partial charge in [-0.1, -0.05) is 81.4 Å². The molecule has 0 amide bonds. The molecule has 0 spiro atoms. The molecule has 0 aliphatic rings. The number of hydrogen-bond donors (Lipinski definition) is 0. The van der Waals surface area contributed by atoms with Crippen LogP contribution in [0.1, 0.15) is 31.9 Å². The fourth-order valence-corrected chi connectivity index (χ4v) is 4.59. The van der Waals surface area contributed by atoms with E-state index in [1.807, 2.05) is 0 Å². The molecule has 5 rings (SSSR count). The number of aromatic nitrogens is 2. The molecule has 4 aromatic carbocycles. The van der Waals surface area contributed by atoms with Gasteiger partial charge in [0, 0.05) is 5.39 Å². The molecule has 1 aromatic heterocycles. The second-order valence-electron chi connectivity index (χ2n) is 9.48. The van der Waals surface area contributed by atoms with Gasteiger partial charge >= 0.3 is 0 Å². The van der Waals surface area contributed by atoms with E-state index in [2.05, 4.69) is 129 Å². The Bertz CT molecular complexity index is 1430. The SMILES string of the molecule is Cc1ccc(C(C)(C)C)cc1-c1n(-c2cccc3ccccc23)c2ccccc2[n+]1C. The van der Waals surface area contributed by atoms with Crippen molar-refractivity contribution in [3.63, 3.8) is 0 Å². The van der Waals surface area contributed by atoms with Crippen LogP contribution in [-0.4, -0.2) is 4.57 Å². The van der Waals surface area contributed by atoms with E-state index in [1.54, 1.807) is 0 Å². The Labute approximate surface area is 184 Å². The minimum absolute atomic E-state index is 0.0946. The first-order valence-electron chi connectivity index (χ1n) is 11.0. The number of benzene rings is 4. The average Bonchev–Trinajstić information content (AvgIpc) is 3.05. The molecule has 0 aliphatic heterocycles. The maximum atomic E-state index is 2.44. The summed E-state index contributed by atoms with van der Waals surface area (Å²) in [6.07, 6.45) is 0. The molecule has 0 unspecified atom stereocenters. The van der Waals surface area contributed by atoms with Crippen LogP contribution in [0.25, 0.3) is 38.9 Å². The second-order valence-corrected chi connectivity index (χ2v) is 9.48. The summed E-state index contributed by atoms with van der Waals surface area (Å²) in [6.45, 7) is 9.05. The zero-order valence-corrected chi connectivity index (χ0v) is 19.0. The van der Waals surface area contributed by atoms with Crippen molar-refractivity contribution >= 4 is 21.8 Å². The van der Waals surface area contributed by atoms with E-state index in [-0.39, 0.29) is 5.41 Å². The summed E-state index contributed by atoms with van der Waals surface area (Å²) in [4.78, 5) is 0. The molecule has 154 valence electrons. The Kier molecular flexibility index (Phi) is 4.48. The third kappa shape index (κ3) is 3.14. The van der Waals surface area contributed by atoms with E-state index >= 15 is 0 Å². The highest BCUT2D eigenvalue weighted by atomic mass is 15.2. The molecule has 2 heteroatoms. The first kappa shape index (κ1) is 19.6. The van der Waals surface area contributed by atoms with Gasteiger partial charge in [0.2, 0.25) is 0 Å². The standard InChI is InChI=1S/C29H29N2/c1-20-17-18-22(29(2,3)4)19-24(20)28-30(5)26-14-8-9-15-27(26)31(28)25-16-10-12-21-11-6-7-13-23(21)25/h6-19H,1-5H3/q+1. The van der Waals surface area contributed by atoms with E-state index in [0.717, 1.165) is 0 Å². The van der Waals surface area contributed by atoms with Gasteiger partial charge in [-0.3, -0.25) is 0 Å². The maximum absolute atomic E-state index is 2.44. The Morgan fingerprint density at radius 1 is 0.774 bits per heavy atom. The summed E-state index contributed by atoms with van der Waals surface area (Å²) >= 11 is 0. The largest absolute Gasteiger partial charge is 0.295 e. The Morgan fingerprint density at radius 3 is 2.29 bits per heavy atom. The van der Waals surface area contributed by atoms with Crippen LogP contribution in [0.3, 0.4) is 0 Å². The number of para-hydroxylation sites is 2. The molecule has 0 saturated carbocycles. The average molecular weight is 406 g/mol. The van der Waals surface area contributed by atoms with E-state index in [0.29, 0.717) is 0 Å². The lowest BCUT2D eigenvalue weighted by molar-refractivity contribution is -0.633. The summed E-state index contributed by atoms with van der Waals surface area (Å²) in [5, 5.41) is 2.52. The van der Waals surface area contributed by atoms with Crippen molar-refractivity contribution < 1.29 is 4.57 Å². The number of imidazole rings is 1. The van der Waals surface area contributed by atoms with Crippen molar-refractivity contribution in [2.45, 2.75) is 33.1 Å². The molecule has 0 fully saturated rings. The topological polar surface area (TPSA) is 8.81 Å². The number of nitrogens with zero attached hydrogens (tertiary/aromatic N) is 2. The normalized spacial score (nSPS) is 12.0. The predicted molar refractivity (Wildman–Crippen MR) is 131 cm³/mol. The van der Waals surface area contributed by atoms with Crippen LogP contribution in [-0.2, 0) is 12.5 Å². The van der Waals surface area contributed by atoms with E-state index in [1.165, 1.54) is 50.0 Å². The Hall–Kier alpha value is -3.39. The Balaban J connectivity index is 1.93. The molecule has 0 radical (unpaired) electrons. The summed E-state index contributed by atoms with van der Waals surface area (Å²) < 4.78 is 4.78. The van der Waals surface area contributed by atoms with E-state index in [9.17, 15) is 0 Å². The van der Waals surface area contributed by atoms with Crippen molar-refractivity contribution in [3.05, 3.63) is 96.1 Å². The Morgan fingerprint density at radius 2 is 1.48 bits per heavy atom. The number of rotatable bonds is 2. The number of aryl methyl sites for hydroxylation is 2. The molecule has 0 N–H and O–H groups in total. The van der Waals surface area contributed by atoms with Crippen LogP contribution in [0, 0.1) is 6.92 Å². The fraction of sp³-hybridized carbons (Fsp3) is 0.207. The third-order valence-corrected chi connectivity index (χ3v) is 6.37. The molecule has 5 aromatic rings. The smallest absolute Gasteiger partial charge is 0.225 e. The summed E-state index contributed by atoms with van der Waals surface area (Å²) in [5.74, 6) is 1.21. The van der Waals surface area contributed by atoms with Gasteiger partial charge in [-0.25, -0.2) is 4.57 Å². The monoisotopic (exact) mass is 405 g/mol. The second kappa shape index (κ2) is 7.09. The number of hydrogen-bond acceptors (Lipinski definition) is 0. The zero-order chi connectivity index (χ0) is 21.8. The molecular weight excluding hydrogens is 376 g/mol. The molecule has 0 saturated heterocycles. The highest BCUT2D eigenvalue weighted by molar-refractivity contribution is 5.93. The van der Waals surface area contributed by atoms with Gasteiger partial charge < -0.3 is 0 Å². The summed E-state index contributed by atoms with van der Waals surface area (Å²) in [7, 11) is 2.18. The highest BCUT2D eigenvalue weighted by Crippen LogP contribution is 2.34. The lowest BCUT2D eigenvalue weighted by Crippen LogP contribution is -2.30. The summed E-state index contributed by atoms with van der Waals surface area (Å²) in [6, 6.07) is 30.8. The van der Waals surface area contributed by atoms with Crippen LogP contribution >= 0.6 is 0 Å². The minimum atomic E-state index is 0.0946. The van der Waals surface area contributed by atoms with E-state index < -0.39 is 0 Å². The van der Waals surface area contributed by atoms with Gasteiger partial charge in [0.15, 0.2) is 11.0 Å². The molecule has 0 bridgehead atoms. The van der Waals surface area contributed by atoms with Crippen LogP contribution in [0.5, 0.6) is 0 Å². The quantitative estimate of drug-likeness (QED) is 0.283. The van der Waals surface area contributed by atoms with Crippen LogP contribution in [0.4, 0.5) is 0 Å². The van der Waals surface area contributed by atoms with Crippen molar-refractivity contribution in [2.24, 2.45) is 7.05 Å². The van der Waals surface area contributed by atoms with Gasteiger partial charge in [0.25, 0.3) is 5.82 Å². The fourth-order valence-electron chi connectivity index (χ4n) is 4.59. The molecule has 0 atom stereocenters. The molecular formula is C29H29N2+. The van der Waals surface area contributed by atoms with Crippen molar-refractivity contribution in [3.8, 4) is 17.1 Å². The van der Waals surface area contributed by atoms with Crippen molar-refractivity contribution in [1.82, 2.24) is 4.57 Å². The third-order valence-electron chi connectivity index (χ3n) is 6.37. The zero-order valence-electron chi connectivity index (χ0n) is 19.0. The maximum Gasteiger partial charge on any atom is 0.295 e. The highest BCUT2D eigenvalue weighted by Gasteiger charge is 2.28. The van der Waals surface area contributed by atoms with Gasteiger partial charge in [0.05, 0.1) is 12.6 Å². The molecule has 2 nitrogen and oxygen atoms in total. The van der Waals surface area contributed by atoms with Crippen molar-refractivity contribution in [2.75, 3.05) is 0 Å². The van der Waals surface area contributed by atoms with Gasteiger partial charge in [-0.15, -0.1) is 0 Å². The van der Waals surface area contributed by atoms with Gasteiger partial charge in [0.1, 0.15) is 5.69 Å². The van der Waals surface area contributed by atoms with Gasteiger partial charge in [-0.2, -0.15) is 4.57 Å². The minimum Gasteiger partial charge on any atom is -0.225 e. The first-order chi connectivity index (χ1) is 14.9. The number of fused-ring (bicyclic) bond motifs is 2. The lowest BCUT2D eigenvalue weighted by Gasteiger charge is -2.20. The predicted octanol–water partition coefficient (Wildman–Crippen LogP) is 6.88. The van der Waals surface area contributed by atoms with Crippen molar-refractivity contribution in [1.29, 1.82) is 0 Å². The lowest BCUT2D eigenvalue weighted by atomic mass is 9.85. The molecule has 1 heterocycles. The first-order valence-corrected chi connectivity index (χ1v) is 11.0. The van der Waals surface area contributed by atoms with Crippen LogP contribution in [0.2, 0.25) is 0 Å².